The molecule has 0 amide bonds. The molecular formula is C10H10BrNO2. The van der Waals surface area contributed by atoms with Crippen LogP contribution < -0.4 is 5.32 Å². The van der Waals surface area contributed by atoms with E-state index in [1.54, 1.807) is 0 Å². The van der Waals surface area contributed by atoms with Crippen LogP contribution in [0.4, 0.5) is 5.69 Å². The Labute approximate surface area is 90.3 Å². The Kier molecular flexibility index (Phi) is 2.46. The van der Waals surface area contributed by atoms with Crippen molar-refractivity contribution in [3.05, 3.63) is 28.2 Å². The Morgan fingerprint density at radius 3 is 3.07 bits per heavy atom. The van der Waals surface area contributed by atoms with Gasteiger partial charge in [-0.15, -0.1) is 0 Å². The Morgan fingerprint density at radius 1 is 1.57 bits per heavy atom. The van der Waals surface area contributed by atoms with Gasteiger partial charge in [-0.1, -0.05) is 22.0 Å². The molecule has 1 unspecified atom stereocenters. The Bertz CT molecular complexity index is 378. The molecule has 1 atom stereocenters. The van der Waals surface area contributed by atoms with Crippen LogP contribution in [0.15, 0.2) is 22.7 Å². The van der Waals surface area contributed by atoms with Crippen molar-refractivity contribution in [1.29, 1.82) is 0 Å². The second-order valence-corrected chi connectivity index (χ2v) is 4.25. The second-order valence-electron chi connectivity index (χ2n) is 3.34. The molecule has 1 aromatic rings. The van der Waals surface area contributed by atoms with E-state index in [0.29, 0.717) is 6.42 Å². The number of hydrogen-bond acceptors (Lipinski definition) is 2. The van der Waals surface area contributed by atoms with Gasteiger partial charge < -0.3 is 10.4 Å². The van der Waals surface area contributed by atoms with Crippen LogP contribution in [0.3, 0.4) is 0 Å². The first kappa shape index (κ1) is 9.52. The van der Waals surface area contributed by atoms with Gasteiger partial charge in [-0.05, 0) is 24.1 Å². The number of carbonyl (C=O) groups is 1. The third kappa shape index (κ3) is 1.62. The Hall–Kier alpha value is -1.03. The average Bonchev–Trinajstić information content (AvgIpc) is 2.16. The molecule has 1 heterocycles. The van der Waals surface area contributed by atoms with Crippen LogP contribution in [0.2, 0.25) is 0 Å². The fraction of sp³-hybridized carbons (Fsp3) is 0.300. The molecule has 0 aliphatic carbocycles. The van der Waals surface area contributed by atoms with Crippen LogP contribution in [0.5, 0.6) is 0 Å². The van der Waals surface area contributed by atoms with Gasteiger partial charge in [0.25, 0.3) is 0 Å². The first-order chi connectivity index (χ1) is 6.68. The van der Waals surface area contributed by atoms with Gasteiger partial charge in [-0.2, -0.15) is 0 Å². The molecule has 1 aliphatic heterocycles. The Balaban J connectivity index is 2.44. The van der Waals surface area contributed by atoms with Gasteiger partial charge in [0, 0.05) is 16.7 Å². The molecular weight excluding hydrogens is 246 g/mol. The third-order valence-corrected chi connectivity index (χ3v) is 2.93. The number of rotatable bonds is 1. The van der Waals surface area contributed by atoms with E-state index in [9.17, 15) is 4.79 Å². The molecule has 3 nitrogen and oxygen atoms in total. The number of carboxylic acids is 1. The minimum absolute atomic E-state index is 0.362. The van der Waals surface area contributed by atoms with Crippen molar-refractivity contribution in [3.63, 3.8) is 0 Å². The van der Waals surface area contributed by atoms with E-state index in [1.807, 2.05) is 18.2 Å². The lowest BCUT2D eigenvalue weighted by Gasteiger charge is -2.23. The summed E-state index contributed by atoms with van der Waals surface area (Å²) in [5.74, 6) is -1.10. The van der Waals surface area contributed by atoms with E-state index in [-0.39, 0.29) is 5.92 Å². The SMILES string of the molecule is O=C(O)C1CCNc2cc(Br)ccc21. The van der Waals surface area contributed by atoms with Gasteiger partial charge in [0.05, 0.1) is 5.92 Å². The number of nitrogens with one attached hydrogen (secondary N) is 1. The van der Waals surface area contributed by atoms with E-state index in [1.165, 1.54) is 0 Å². The maximum absolute atomic E-state index is 11.0. The monoisotopic (exact) mass is 255 g/mol. The van der Waals surface area contributed by atoms with Crippen LogP contribution in [-0.2, 0) is 4.79 Å². The fourth-order valence-corrected chi connectivity index (χ4v) is 2.11. The molecule has 0 bridgehead atoms. The van der Waals surface area contributed by atoms with E-state index >= 15 is 0 Å². The summed E-state index contributed by atoms with van der Waals surface area (Å²) in [6.07, 6.45) is 0.657. The molecule has 0 saturated heterocycles. The summed E-state index contributed by atoms with van der Waals surface area (Å²) < 4.78 is 0.967. The molecule has 1 aliphatic rings. The predicted octanol–water partition coefficient (Wildman–Crippen LogP) is 2.43. The van der Waals surface area contributed by atoms with Gasteiger partial charge in [-0.3, -0.25) is 4.79 Å². The lowest BCUT2D eigenvalue weighted by Crippen LogP contribution is -2.22. The van der Waals surface area contributed by atoms with Gasteiger partial charge >= 0.3 is 5.97 Å². The highest BCUT2D eigenvalue weighted by Crippen LogP contribution is 2.33. The zero-order valence-electron chi connectivity index (χ0n) is 7.46. The van der Waals surface area contributed by atoms with Crippen molar-refractivity contribution in [2.75, 3.05) is 11.9 Å². The number of halogens is 1. The van der Waals surface area contributed by atoms with Crippen molar-refractivity contribution in [1.82, 2.24) is 0 Å². The van der Waals surface area contributed by atoms with Crippen molar-refractivity contribution >= 4 is 27.6 Å². The maximum atomic E-state index is 11.0. The summed E-state index contributed by atoms with van der Waals surface area (Å²) >= 11 is 3.36. The highest BCUT2D eigenvalue weighted by molar-refractivity contribution is 9.10. The van der Waals surface area contributed by atoms with Crippen LogP contribution >= 0.6 is 15.9 Å². The van der Waals surface area contributed by atoms with Crippen molar-refractivity contribution in [2.45, 2.75) is 12.3 Å². The van der Waals surface area contributed by atoms with Crippen molar-refractivity contribution in [2.24, 2.45) is 0 Å². The summed E-state index contributed by atoms with van der Waals surface area (Å²) in [6.45, 7) is 0.723. The van der Waals surface area contributed by atoms with E-state index in [4.69, 9.17) is 5.11 Å². The highest BCUT2D eigenvalue weighted by Gasteiger charge is 2.25. The van der Waals surface area contributed by atoms with E-state index in [0.717, 1.165) is 22.3 Å². The lowest BCUT2D eigenvalue weighted by molar-refractivity contribution is -0.138. The zero-order valence-corrected chi connectivity index (χ0v) is 9.04. The molecule has 4 heteroatoms. The molecule has 2 N–H and O–H groups in total. The van der Waals surface area contributed by atoms with E-state index in [2.05, 4.69) is 21.2 Å². The molecule has 0 radical (unpaired) electrons. The summed E-state index contributed by atoms with van der Waals surface area (Å²) in [5, 5.41) is 12.2. The largest absolute Gasteiger partial charge is 0.481 e. The Morgan fingerprint density at radius 2 is 2.36 bits per heavy atom. The molecule has 74 valence electrons. The summed E-state index contributed by atoms with van der Waals surface area (Å²) in [4.78, 5) is 11.0. The number of fused-ring (bicyclic) bond motifs is 1. The molecule has 0 fully saturated rings. The van der Waals surface area contributed by atoms with Crippen LogP contribution in [0, 0.1) is 0 Å². The van der Waals surface area contributed by atoms with Crippen molar-refractivity contribution in [3.8, 4) is 0 Å². The van der Waals surface area contributed by atoms with Crippen LogP contribution in [0.1, 0.15) is 17.9 Å². The van der Waals surface area contributed by atoms with Crippen LogP contribution in [0.25, 0.3) is 0 Å². The van der Waals surface area contributed by atoms with Crippen molar-refractivity contribution < 1.29 is 9.90 Å². The zero-order chi connectivity index (χ0) is 10.1. The minimum atomic E-state index is -0.741. The molecule has 0 aromatic heterocycles. The number of carboxylic acid groups (broad SMARTS) is 1. The first-order valence-electron chi connectivity index (χ1n) is 4.44. The van der Waals surface area contributed by atoms with Gasteiger partial charge in [0.2, 0.25) is 0 Å². The third-order valence-electron chi connectivity index (χ3n) is 2.44. The summed E-state index contributed by atoms with van der Waals surface area (Å²) in [7, 11) is 0. The first-order valence-corrected chi connectivity index (χ1v) is 5.24. The molecule has 1 aromatic carbocycles. The number of hydrogen-bond donors (Lipinski definition) is 2. The maximum Gasteiger partial charge on any atom is 0.311 e. The van der Waals surface area contributed by atoms with Gasteiger partial charge in [0.1, 0.15) is 0 Å². The predicted molar refractivity (Wildman–Crippen MR) is 57.6 cm³/mol. The van der Waals surface area contributed by atoms with E-state index < -0.39 is 5.97 Å². The number of benzene rings is 1. The minimum Gasteiger partial charge on any atom is -0.481 e. The quantitative estimate of drug-likeness (QED) is 0.811. The summed E-state index contributed by atoms with van der Waals surface area (Å²) in [6, 6.07) is 5.66. The fourth-order valence-electron chi connectivity index (χ4n) is 1.75. The standard InChI is InChI=1S/C10H10BrNO2/c11-6-1-2-7-8(10(13)14)3-4-12-9(7)5-6/h1-2,5,8,12H,3-4H2,(H,13,14). The highest BCUT2D eigenvalue weighted by atomic mass is 79.9. The molecule has 14 heavy (non-hydrogen) atoms. The summed E-state index contributed by atoms with van der Waals surface area (Å²) in [5.41, 5.74) is 1.81. The smallest absolute Gasteiger partial charge is 0.311 e. The molecule has 0 saturated carbocycles. The lowest BCUT2D eigenvalue weighted by atomic mass is 9.91. The second kappa shape index (κ2) is 3.61. The molecule has 0 spiro atoms. The average molecular weight is 256 g/mol. The number of aliphatic carboxylic acids is 1. The van der Waals surface area contributed by atoms with Gasteiger partial charge in [-0.25, -0.2) is 0 Å². The number of anilines is 1. The van der Waals surface area contributed by atoms with Crippen LogP contribution in [-0.4, -0.2) is 17.6 Å². The molecule has 2 rings (SSSR count). The van der Waals surface area contributed by atoms with Gasteiger partial charge in [0.15, 0.2) is 0 Å². The normalized spacial score (nSPS) is 19.6. The topological polar surface area (TPSA) is 49.3 Å².